The predicted octanol–water partition coefficient (Wildman–Crippen LogP) is 1.82. The van der Waals surface area contributed by atoms with Crippen molar-refractivity contribution in [2.24, 2.45) is 0 Å². The van der Waals surface area contributed by atoms with E-state index in [2.05, 4.69) is 29.2 Å². The van der Waals surface area contributed by atoms with Crippen molar-refractivity contribution in [3.63, 3.8) is 0 Å². The van der Waals surface area contributed by atoms with E-state index >= 15 is 0 Å². The Kier molecular flexibility index (Phi) is 4.47. The normalized spacial score (nSPS) is 20.7. The third-order valence-electron chi connectivity index (χ3n) is 4.37. The van der Waals surface area contributed by atoms with Crippen LogP contribution in [-0.2, 0) is 16.4 Å². The van der Waals surface area contributed by atoms with E-state index in [4.69, 9.17) is 0 Å². The first-order chi connectivity index (χ1) is 10.6. The Morgan fingerprint density at radius 1 is 1.14 bits per heavy atom. The van der Waals surface area contributed by atoms with Gasteiger partial charge < -0.3 is 5.11 Å². The van der Waals surface area contributed by atoms with Crippen molar-refractivity contribution in [3.05, 3.63) is 48.0 Å². The fraction of sp³-hybridized carbons (Fsp3) is 0.412. The summed E-state index contributed by atoms with van der Waals surface area (Å²) in [4.78, 5) is 2.10. The first-order valence-corrected chi connectivity index (χ1v) is 9.43. The Balaban J connectivity index is 1.87. The van der Waals surface area contributed by atoms with Gasteiger partial charge in [-0.25, -0.2) is 8.42 Å². The number of benzene rings is 2. The first-order valence-electron chi connectivity index (χ1n) is 7.61. The maximum atomic E-state index is 11.7. The minimum atomic E-state index is -2.92. The molecule has 0 aliphatic carbocycles. The molecule has 1 aliphatic rings. The van der Waals surface area contributed by atoms with Crippen LogP contribution in [0.5, 0.6) is 0 Å². The van der Waals surface area contributed by atoms with Gasteiger partial charge in [-0.3, -0.25) is 4.90 Å². The molecule has 0 saturated carbocycles. The molecule has 0 aromatic heterocycles. The summed E-state index contributed by atoms with van der Waals surface area (Å²) < 4.78 is 23.5. The van der Waals surface area contributed by atoms with E-state index in [-0.39, 0.29) is 24.2 Å². The lowest BCUT2D eigenvalue weighted by molar-refractivity contribution is 0.154. The topological polar surface area (TPSA) is 57.6 Å². The molecule has 0 radical (unpaired) electrons. The van der Waals surface area contributed by atoms with Crippen LogP contribution in [0.15, 0.2) is 42.5 Å². The summed E-state index contributed by atoms with van der Waals surface area (Å²) in [6.07, 6.45) is 0.660. The summed E-state index contributed by atoms with van der Waals surface area (Å²) in [5.74, 6) is 0.465. The molecule has 1 unspecified atom stereocenters. The molecule has 1 saturated heterocycles. The maximum absolute atomic E-state index is 11.7. The molecule has 118 valence electrons. The fourth-order valence-electron chi connectivity index (χ4n) is 3.23. The van der Waals surface area contributed by atoms with Gasteiger partial charge in [-0.2, -0.15) is 0 Å². The molecule has 0 bridgehead atoms. The fourth-order valence-corrected chi connectivity index (χ4v) is 4.99. The molecule has 1 N–H and O–H groups in total. The highest BCUT2D eigenvalue weighted by molar-refractivity contribution is 7.91. The Bertz CT molecular complexity index is 752. The van der Waals surface area contributed by atoms with Crippen molar-refractivity contribution in [2.75, 3.05) is 24.7 Å². The maximum Gasteiger partial charge on any atom is 0.151 e. The number of fused-ring (bicyclic) bond motifs is 1. The average molecular weight is 319 g/mol. The van der Waals surface area contributed by atoms with Crippen LogP contribution in [0.3, 0.4) is 0 Å². The highest BCUT2D eigenvalue weighted by atomic mass is 32.2. The average Bonchev–Trinajstić information content (AvgIpc) is 2.87. The molecule has 1 heterocycles. The van der Waals surface area contributed by atoms with Crippen LogP contribution >= 0.6 is 0 Å². The van der Waals surface area contributed by atoms with Crippen molar-refractivity contribution in [1.29, 1.82) is 0 Å². The van der Waals surface area contributed by atoms with Crippen molar-refractivity contribution >= 4 is 20.6 Å². The van der Waals surface area contributed by atoms with Gasteiger partial charge in [-0.15, -0.1) is 0 Å². The van der Waals surface area contributed by atoms with E-state index in [0.29, 0.717) is 19.5 Å². The van der Waals surface area contributed by atoms with Gasteiger partial charge in [-0.1, -0.05) is 42.5 Å². The SMILES string of the molecule is O=S1(=O)CCC(N(CCO)Cc2cccc3ccccc23)C1. The van der Waals surface area contributed by atoms with Gasteiger partial charge >= 0.3 is 0 Å². The van der Waals surface area contributed by atoms with E-state index in [1.165, 1.54) is 16.3 Å². The van der Waals surface area contributed by atoms with Gasteiger partial charge in [0.05, 0.1) is 18.1 Å². The Morgan fingerprint density at radius 3 is 2.64 bits per heavy atom. The Hall–Kier alpha value is -1.43. The number of sulfone groups is 1. The molecule has 5 heteroatoms. The summed E-state index contributed by atoms with van der Waals surface area (Å²) in [5.41, 5.74) is 1.18. The molecule has 1 fully saturated rings. The molecule has 1 atom stereocenters. The van der Waals surface area contributed by atoms with Crippen molar-refractivity contribution < 1.29 is 13.5 Å². The van der Waals surface area contributed by atoms with Crippen LogP contribution in [0.4, 0.5) is 0 Å². The number of hydrogen-bond donors (Lipinski definition) is 1. The lowest BCUT2D eigenvalue weighted by Crippen LogP contribution is -2.37. The highest BCUT2D eigenvalue weighted by Gasteiger charge is 2.32. The van der Waals surface area contributed by atoms with Crippen LogP contribution in [0.2, 0.25) is 0 Å². The van der Waals surface area contributed by atoms with Crippen molar-refractivity contribution in [1.82, 2.24) is 4.90 Å². The van der Waals surface area contributed by atoms with Gasteiger partial charge in [-0.05, 0) is 22.8 Å². The van der Waals surface area contributed by atoms with Crippen LogP contribution < -0.4 is 0 Å². The Labute approximate surface area is 131 Å². The third kappa shape index (κ3) is 3.32. The zero-order chi connectivity index (χ0) is 15.6. The quantitative estimate of drug-likeness (QED) is 0.913. The van der Waals surface area contributed by atoms with Crippen molar-refractivity contribution in [3.8, 4) is 0 Å². The number of aliphatic hydroxyl groups is 1. The standard InChI is InChI=1S/C17H21NO3S/c19-10-9-18(16-8-11-22(20,21)13-16)12-15-6-3-5-14-4-1-2-7-17(14)15/h1-7,16,19H,8-13H2. The highest BCUT2D eigenvalue weighted by Crippen LogP contribution is 2.24. The molecule has 22 heavy (non-hydrogen) atoms. The van der Waals surface area contributed by atoms with Gasteiger partial charge in [0, 0.05) is 19.1 Å². The van der Waals surface area contributed by atoms with E-state index in [0.717, 1.165) is 0 Å². The number of rotatable bonds is 5. The zero-order valence-corrected chi connectivity index (χ0v) is 13.3. The third-order valence-corrected chi connectivity index (χ3v) is 6.12. The first kappa shape index (κ1) is 15.5. The van der Waals surface area contributed by atoms with Gasteiger partial charge in [0.2, 0.25) is 0 Å². The second-order valence-electron chi connectivity index (χ2n) is 5.89. The largest absolute Gasteiger partial charge is 0.395 e. The summed E-state index contributed by atoms with van der Waals surface area (Å²) >= 11 is 0. The molecule has 3 rings (SSSR count). The zero-order valence-electron chi connectivity index (χ0n) is 12.5. The molecule has 0 amide bonds. The molecular formula is C17H21NO3S. The van der Waals surface area contributed by atoms with E-state index < -0.39 is 9.84 Å². The number of hydrogen-bond acceptors (Lipinski definition) is 4. The van der Waals surface area contributed by atoms with Crippen molar-refractivity contribution in [2.45, 2.75) is 19.0 Å². The second kappa shape index (κ2) is 6.36. The Morgan fingerprint density at radius 2 is 1.91 bits per heavy atom. The molecule has 4 nitrogen and oxygen atoms in total. The number of aliphatic hydroxyl groups excluding tert-OH is 1. The van der Waals surface area contributed by atoms with Crippen LogP contribution in [0.25, 0.3) is 10.8 Å². The molecule has 2 aromatic rings. The van der Waals surface area contributed by atoms with Crippen LogP contribution in [-0.4, -0.2) is 49.1 Å². The lowest BCUT2D eigenvalue weighted by Gasteiger charge is -2.27. The van der Waals surface area contributed by atoms with E-state index in [9.17, 15) is 13.5 Å². The monoisotopic (exact) mass is 319 g/mol. The predicted molar refractivity (Wildman–Crippen MR) is 88.5 cm³/mol. The summed E-state index contributed by atoms with van der Waals surface area (Å²) in [7, 11) is -2.92. The molecular weight excluding hydrogens is 298 g/mol. The molecule has 1 aliphatic heterocycles. The van der Waals surface area contributed by atoms with Gasteiger partial charge in [0.15, 0.2) is 9.84 Å². The van der Waals surface area contributed by atoms with Crippen LogP contribution in [0, 0.1) is 0 Å². The number of nitrogens with zero attached hydrogens (tertiary/aromatic N) is 1. The summed E-state index contributed by atoms with van der Waals surface area (Å²) in [6, 6.07) is 14.4. The van der Waals surface area contributed by atoms with E-state index in [1.54, 1.807) is 0 Å². The molecule has 0 spiro atoms. The second-order valence-corrected chi connectivity index (χ2v) is 8.12. The van der Waals surface area contributed by atoms with Gasteiger partial charge in [0.25, 0.3) is 0 Å². The summed E-state index contributed by atoms with van der Waals surface area (Å²) in [5, 5.41) is 11.7. The molecule has 2 aromatic carbocycles. The van der Waals surface area contributed by atoms with Crippen LogP contribution in [0.1, 0.15) is 12.0 Å². The summed E-state index contributed by atoms with van der Waals surface area (Å²) in [6.45, 7) is 1.22. The lowest BCUT2D eigenvalue weighted by atomic mass is 10.0. The smallest absolute Gasteiger partial charge is 0.151 e. The van der Waals surface area contributed by atoms with Gasteiger partial charge in [0.1, 0.15) is 0 Å². The minimum absolute atomic E-state index is 0.0103. The van der Waals surface area contributed by atoms with E-state index in [1.807, 2.05) is 18.2 Å². The minimum Gasteiger partial charge on any atom is -0.395 e.